The minimum absolute atomic E-state index is 0.0622. The number of nitrogens with zero attached hydrogens (tertiary/aromatic N) is 2. The number of thiophene rings is 1. The number of aliphatic imine (C=N–C) groups is 1. The Kier molecular flexibility index (Phi) is 5.64. The first-order valence-electron chi connectivity index (χ1n) is 8.89. The lowest BCUT2D eigenvalue weighted by atomic mass is 9.72. The molecule has 0 fully saturated rings. The summed E-state index contributed by atoms with van der Waals surface area (Å²) in [6.45, 7) is 6.86. The molecule has 1 aromatic carbocycles. The number of methoxy groups -OCH3 is 1. The van der Waals surface area contributed by atoms with Gasteiger partial charge in [0.1, 0.15) is 11.1 Å². The predicted octanol–water partition coefficient (Wildman–Crippen LogP) is 6.00. The molecule has 0 amide bonds. The summed E-state index contributed by atoms with van der Waals surface area (Å²) in [5.41, 5.74) is 2.95. The third kappa shape index (κ3) is 4.04. The molecule has 1 aliphatic rings. The maximum absolute atomic E-state index is 9.93. The molecule has 142 valence electrons. The van der Waals surface area contributed by atoms with Gasteiger partial charge in [-0.2, -0.15) is 5.26 Å². The molecule has 1 aromatic heterocycles. The van der Waals surface area contributed by atoms with Crippen molar-refractivity contribution in [2.24, 2.45) is 16.3 Å². The number of hydrogen-bond acceptors (Lipinski definition) is 5. The molecule has 27 heavy (non-hydrogen) atoms. The number of benzene rings is 1. The molecule has 0 saturated heterocycles. The molecule has 0 aliphatic heterocycles. The van der Waals surface area contributed by atoms with Crippen LogP contribution in [0.15, 0.2) is 21.6 Å². The highest BCUT2D eigenvalue weighted by Crippen LogP contribution is 2.45. The molecule has 1 N–H and O–H groups in total. The lowest BCUT2D eigenvalue weighted by Crippen LogP contribution is -2.26. The summed E-state index contributed by atoms with van der Waals surface area (Å²) in [7, 11) is 1.51. The Morgan fingerprint density at radius 3 is 2.78 bits per heavy atom. The Morgan fingerprint density at radius 2 is 2.15 bits per heavy atom. The van der Waals surface area contributed by atoms with Gasteiger partial charge in [0.25, 0.3) is 0 Å². The monoisotopic (exact) mass is 446 g/mol. The van der Waals surface area contributed by atoms with E-state index in [4.69, 9.17) is 4.74 Å². The van der Waals surface area contributed by atoms with Gasteiger partial charge in [0.15, 0.2) is 11.5 Å². The Morgan fingerprint density at radius 1 is 1.41 bits per heavy atom. The molecule has 0 saturated carbocycles. The van der Waals surface area contributed by atoms with Gasteiger partial charge in [0, 0.05) is 11.1 Å². The molecule has 0 unspecified atom stereocenters. The van der Waals surface area contributed by atoms with Crippen molar-refractivity contribution in [2.45, 2.75) is 40.0 Å². The van der Waals surface area contributed by atoms with Crippen LogP contribution in [-0.4, -0.2) is 18.4 Å². The van der Waals surface area contributed by atoms with E-state index in [9.17, 15) is 10.4 Å². The zero-order valence-corrected chi connectivity index (χ0v) is 18.4. The van der Waals surface area contributed by atoms with Crippen molar-refractivity contribution in [1.29, 1.82) is 5.26 Å². The highest BCUT2D eigenvalue weighted by Gasteiger charge is 2.32. The van der Waals surface area contributed by atoms with E-state index in [-0.39, 0.29) is 11.2 Å². The fourth-order valence-corrected chi connectivity index (χ4v) is 5.16. The Bertz CT molecular complexity index is 935. The van der Waals surface area contributed by atoms with Crippen LogP contribution in [0.3, 0.4) is 0 Å². The lowest BCUT2D eigenvalue weighted by molar-refractivity contribution is 0.218. The molecule has 1 aliphatic carbocycles. The van der Waals surface area contributed by atoms with Gasteiger partial charge in [-0.3, -0.25) is 0 Å². The van der Waals surface area contributed by atoms with E-state index >= 15 is 0 Å². The van der Waals surface area contributed by atoms with Crippen LogP contribution < -0.4 is 4.74 Å². The topological polar surface area (TPSA) is 65.6 Å². The summed E-state index contributed by atoms with van der Waals surface area (Å²) in [4.78, 5) is 5.90. The molecule has 1 atom stereocenters. The number of hydrogen-bond donors (Lipinski definition) is 1. The molecular weight excluding hydrogens is 424 g/mol. The fraction of sp³-hybridized carbons (Fsp3) is 0.429. The standard InChI is InChI=1S/C21H23BrN2O2S/c1-21(2,3)13-5-6-14-15(10-23)20(27-18(14)9-13)24-11-12-7-16(22)19(25)17(8-12)26-4/h7-8,11,13,25H,5-6,9H2,1-4H3/t13-/m0/s1. The number of halogens is 1. The molecule has 0 spiro atoms. The van der Waals surface area contributed by atoms with E-state index in [0.29, 0.717) is 21.7 Å². The van der Waals surface area contributed by atoms with Crippen LogP contribution in [0.1, 0.15) is 48.8 Å². The largest absolute Gasteiger partial charge is 0.503 e. The SMILES string of the molecule is COc1cc(C=Nc2sc3c(c2C#N)CC[C@H](C(C)(C)C)C3)cc(Br)c1O. The second-order valence-corrected chi connectivity index (χ2v) is 9.85. The zero-order chi connectivity index (χ0) is 19.8. The smallest absolute Gasteiger partial charge is 0.172 e. The van der Waals surface area contributed by atoms with Crippen molar-refractivity contribution in [2.75, 3.05) is 7.11 Å². The number of phenolic OH excluding ortho intramolecular Hbond substituents is 1. The number of nitriles is 1. The summed E-state index contributed by atoms with van der Waals surface area (Å²) >= 11 is 4.95. The second kappa shape index (κ2) is 7.65. The van der Waals surface area contributed by atoms with E-state index < -0.39 is 0 Å². The highest BCUT2D eigenvalue weighted by atomic mass is 79.9. The number of phenols is 1. The summed E-state index contributed by atoms with van der Waals surface area (Å²) in [5.74, 6) is 1.07. The summed E-state index contributed by atoms with van der Waals surface area (Å²) < 4.78 is 5.73. The second-order valence-electron chi connectivity index (χ2n) is 7.91. The van der Waals surface area contributed by atoms with Gasteiger partial charge in [-0.1, -0.05) is 20.8 Å². The number of aromatic hydroxyl groups is 1. The normalized spacial score (nSPS) is 17.0. The van der Waals surface area contributed by atoms with E-state index in [1.807, 2.05) is 0 Å². The van der Waals surface area contributed by atoms with Gasteiger partial charge in [-0.25, -0.2) is 4.99 Å². The number of fused-ring (bicyclic) bond motifs is 1. The van der Waals surface area contributed by atoms with Crippen LogP contribution >= 0.6 is 27.3 Å². The molecule has 0 bridgehead atoms. The van der Waals surface area contributed by atoms with Crippen molar-refractivity contribution in [3.8, 4) is 17.6 Å². The van der Waals surface area contributed by atoms with Crippen molar-refractivity contribution >= 4 is 38.5 Å². The fourth-order valence-electron chi connectivity index (χ4n) is 3.47. The molecule has 2 aromatic rings. The van der Waals surface area contributed by atoms with Crippen LogP contribution in [0, 0.1) is 22.7 Å². The molecular formula is C21H23BrN2O2S. The van der Waals surface area contributed by atoms with Crippen molar-refractivity contribution in [3.05, 3.63) is 38.2 Å². The van der Waals surface area contributed by atoms with E-state index in [1.165, 1.54) is 17.6 Å². The van der Waals surface area contributed by atoms with Crippen molar-refractivity contribution in [1.82, 2.24) is 0 Å². The first kappa shape index (κ1) is 19.9. The Labute approximate surface area is 172 Å². The third-order valence-electron chi connectivity index (χ3n) is 5.18. The minimum atomic E-state index is 0.0622. The van der Waals surface area contributed by atoms with E-state index in [2.05, 4.69) is 47.8 Å². The molecule has 3 rings (SSSR count). The lowest BCUT2D eigenvalue weighted by Gasteiger charge is -2.33. The van der Waals surface area contributed by atoms with Gasteiger partial charge in [0.2, 0.25) is 0 Å². The Balaban J connectivity index is 1.93. The van der Waals surface area contributed by atoms with Crippen LogP contribution in [-0.2, 0) is 12.8 Å². The molecule has 6 heteroatoms. The highest BCUT2D eigenvalue weighted by molar-refractivity contribution is 9.10. The number of rotatable bonds is 3. The van der Waals surface area contributed by atoms with Crippen LogP contribution in [0.4, 0.5) is 5.00 Å². The van der Waals surface area contributed by atoms with Gasteiger partial charge < -0.3 is 9.84 Å². The minimum Gasteiger partial charge on any atom is -0.503 e. The maximum Gasteiger partial charge on any atom is 0.172 e. The van der Waals surface area contributed by atoms with Crippen LogP contribution in [0.2, 0.25) is 0 Å². The quantitative estimate of drug-likeness (QED) is 0.587. The average molecular weight is 447 g/mol. The van der Waals surface area contributed by atoms with Gasteiger partial charge >= 0.3 is 0 Å². The van der Waals surface area contributed by atoms with Gasteiger partial charge in [0.05, 0.1) is 17.1 Å². The van der Waals surface area contributed by atoms with Crippen molar-refractivity contribution in [3.63, 3.8) is 0 Å². The van der Waals surface area contributed by atoms with Gasteiger partial charge in [-0.05, 0) is 69.8 Å². The van der Waals surface area contributed by atoms with E-state index in [1.54, 1.807) is 29.7 Å². The van der Waals surface area contributed by atoms with E-state index in [0.717, 1.165) is 29.8 Å². The van der Waals surface area contributed by atoms with Crippen molar-refractivity contribution < 1.29 is 9.84 Å². The Hall–Kier alpha value is -1.84. The maximum atomic E-state index is 9.93. The molecule has 4 nitrogen and oxygen atoms in total. The zero-order valence-electron chi connectivity index (χ0n) is 16.0. The first-order valence-corrected chi connectivity index (χ1v) is 10.5. The van der Waals surface area contributed by atoms with Gasteiger partial charge in [-0.15, -0.1) is 11.3 Å². The third-order valence-corrected chi connectivity index (χ3v) is 6.95. The summed E-state index contributed by atoms with van der Waals surface area (Å²) in [5, 5.41) is 20.4. The number of ether oxygens (including phenoxy) is 1. The summed E-state index contributed by atoms with van der Waals surface area (Å²) in [6.07, 6.45) is 4.80. The van der Waals surface area contributed by atoms with Crippen LogP contribution in [0.25, 0.3) is 0 Å². The summed E-state index contributed by atoms with van der Waals surface area (Å²) in [6, 6.07) is 5.85. The first-order chi connectivity index (χ1) is 12.7. The average Bonchev–Trinajstić information content (AvgIpc) is 2.98. The van der Waals surface area contributed by atoms with Crippen LogP contribution in [0.5, 0.6) is 11.5 Å². The molecule has 0 radical (unpaired) electrons. The predicted molar refractivity (Wildman–Crippen MR) is 114 cm³/mol. The molecule has 1 heterocycles.